The number of aryl methyl sites for hydroxylation is 3. The highest BCUT2D eigenvalue weighted by atomic mass is 32.1. The van der Waals surface area contributed by atoms with E-state index in [-0.39, 0.29) is 23.0 Å². The SMILES string of the molecule is Cc1cc(C(C)(C)C)cc(C)c1N1c2cc(C(C)C)cc3c2B(c2cc(-c4cc5ccccc5s4)ccc2N3c2c(C)cc(C(C)(C)C)cc2-c2ccccc2)c2c1sc1c2CC(C(C)(C)C)C=C1. The second kappa shape index (κ2) is 16.2. The molecule has 2 nitrogen and oxygen atoms in total. The Kier molecular flexibility index (Phi) is 10.8. The van der Waals surface area contributed by atoms with Gasteiger partial charge in [0.1, 0.15) is 0 Å². The van der Waals surface area contributed by atoms with Crippen molar-refractivity contribution in [2.24, 2.45) is 11.3 Å². The molecule has 1 atom stereocenters. The largest absolute Gasteiger partial charge is 0.311 e. The van der Waals surface area contributed by atoms with E-state index in [1.54, 1.807) is 0 Å². The molecule has 4 heterocycles. The third kappa shape index (κ3) is 7.57. The van der Waals surface area contributed by atoms with Crippen molar-refractivity contribution in [2.45, 2.75) is 120 Å². The van der Waals surface area contributed by atoms with Crippen LogP contribution in [0.3, 0.4) is 0 Å². The molecule has 0 radical (unpaired) electrons. The highest BCUT2D eigenvalue weighted by molar-refractivity contribution is 7.22. The molecule has 11 rings (SSSR count). The van der Waals surface area contributed by atoms with Gasteiger partial charge in [0.15, 0.2) is 0 Å². The summed E-state index contributed by atoms with van der Waals surface area (Å²) in [7, 11) is 0. The molecule has 348 valence electrons. The van der Waals surface area contributed by atoms with Crippen LogP contribution in [0.15, 0.2) is 121 Å². The van der Waals surface area contributed by atoms with Gasteiger partial charge in [-0.25, -0.2) is 0 Å². The molecule has 0 bridgehead atoms. The van der Waals surface area contributed by atoms with Gasteiger partial charge in [-0.2, -0.15) is 0 Å². The van der Waals surface area contributed by atoms with Crippen LogP contribution in [0.1, 0.15) is 126 Å². The highest BCUT2D eigenvalue weighted by Crippen LogP contribution is 2.53. The first-order valence-corrected chi connectivity index (χ1v) is 26.9. The van der Waals surface area contributed by atoms with Gasteiger partial charge in [-0.3, -0.25) is 0 Å². The molecule has 5 heteroatoms. The number of fused-ring (bicyclic) bond motifs is 7. The van der Waals surface area contributed by atoms with Gasteiger partial charge in [0.05, 0.1) is 16.4 Å². The zero-order valence-electron chi connectivity index (χ0n) is 43.3. The van der Waals surface area contributed by atoms with Crippen LogP contribution in [0.25, 0.3) is 37.7 Å². The second-order valence-electron chi connectivity index (χ2n) is 23.9. The van der Waals surface area contributed by atoms with Crippen LogP contribution in [-0.2, 0) is 17.3 Å². The lowest BCUT2D eigenvalue weighted by atomic mass is 9.33. The van der Waals surface area contributed by atoms with Crippen LogP contribution < -0.4 is 26.2 Å². The molecule has 1 unspecified atom stereocenters. The van der Waals surface area contributed by atoms with Crippen molar-refractivity contribution in [1.82, 2.24) is 0 Å². The van der Waals surface area contributed by atoms with E-state index in [0.717, 1.165) is 6.42 Å². The fourth-order valence-electron chi connectivity index (χ4n) is 11.5. The standard InChI is InChI=1S/C64H67BN2S2/c1-37(2)44-32-52-58-53(33-44)67(59-38(3)28-46(29-39(59)4)63(9,10)11)61-57(49-35-45(62(6,7)8)25-27-55(49)69-61)65(58)50-31-43(56-34-42-22-18-19-23-54(42)68-56)24-26-51(50)66(52)60-40(5)30-47(64(12,13)14)36-48(60)41-20-16-15-17-21-41/h15-34,36-37,45H,35H2,1-14H3. The van der Waals surface area contributed by atoms with E-state index in [4.69, 9.17) is 0 Å². The lowest BCUT2D eigenvalue weighted by molar-refractivity contribution is 0.291. The van der Waals surface area contributed by atoms with Crippen molar-refractivity contribution in [1.29, 1.82) is 0 Å². The van der Waals surface area contributed by atoms with E-state index in [2.05, 4.69) is 234 Å². The van der Waals surface area contributed by atoms with Crippen molar-refractivity contribution in [3.63, 3.8) is 0 Å². The number of hydrogen-bond donors (Lipinski definition) is 0. The van der Waals surface area contributed by atoms with Gasteiger partial charge in [0, 0.05) is 37.1 Å². The molecule has 0 saturated heterocycles. The summed E-state index contributed by atoms with van der Waals surface area (Å²) in [5, 5.41) is 2.68. The molecule has 0 fully saturated rings. The highest BCUT2D eigenvalue weighted by Gasteiger charge is 2.48. The lowest BCUT2D eigenvalue weighted by Gasteiger charge is -2.45. The molecule has 8 aromatic rings. The average Bonchev–Trinajstić information content (AvgIpc) is 3.90. The Hall–Kier alpha value is -5.62. The molecule has 0 saturated carbocycles. The maximum Gasteiger partial charge on any atom is 0.253 e. The summed E-state index contributed by atoms with van der Waals surface area (Å²) in [6.07, 6.45) is 6.03. The molecule has 0 spiro atoms. The lowest BCUT2D eigenvalue weighted by Crippen LogP contribution is -2.62. The van der Waals surface area contributed by atoms with Gasteiger partial charge in [-0.05, 0) is 170 Å². The maximum atomic E-state index is 2.74. The number of nitrogens with zero attached hydrogens (tertiary/aromatic N) is 2. The number of allylic oxidation sites excluding steroid dienone is 1. The zero-order valence-corrected chi connectivity index (χ0v) is 44.9. The Morgan fingerprint density at radius 2 is 1.22 bits per heavy atom. The quantitative estimate of drug-likeness (QED) is 0.159. The van der Waals surface area contributed by atoms with Crippen molar-refractivity contribution >= 4 is 95.4 Å². The van der Waals surface area contributed by atoms with Crippen molar-refractivity contribution in [3.8, 4) is 21.6 Å². The van der Waals surface area contributed by atoms with Gasteiger partial charge >= 0.3 is 0 Å². The summed E-state index contributed by atoms with van der Waals surface area (Å²) in [4.78, 5) is 8.17. The number of anilines is 6. The first kappa shape index (κ1) is 45.8. The van der Waals surface area contributed by atoms with E-state index >= 15 is 0 Å². The number of hydrogen-bond acceptors (Lipinski definition) is 4. The third-order valence-electron chi connectivity index (χ3n) is 15.5. The van der Waals surface area contributed by atoms with Crippen molar-refractivity contribution < 1.29 is 0 Å². The predicted molar refractivity (Wildman–Crippen MR) is 306 cm³/mol. The maximum absolute atomic E-state index is 2.74. The monoisotopic (exact) mass is 938 g/mol. The normalized spacial score (nSPS) is 15.5. The molecule has 2 aromatic heterocycles. The smallest absolute Gasteiger partial charge is 0.253 e. The summed E-state index contributed by atoms with van der Waals surface area (Å²) in [6, 6.07) is 45.0. The van der Waals surface area contributed by atoms with Gasteiger partial charge in [-0.1, -0.05) is 161 Å². The van der Waals surface area contributed by atoms with E-state index in [1.165, 1.54) is 125 Å². The Bertz CT molecular complexity index is 3340. The number of rotatable bonds is 5. The molecule has 69 heavy (non-hydrogen) atoms. The Labute approximate surface area is 420 Å². The molecular weight excluding hydrogens is 872 g/mol. The van der Waals surface area contributed by atoms with Gasteiger partial charge in [0.2, 0.25) is 0 Å². The molecule has 3 aliphatic rings. The summed E-state index contributed by atoms with van der Waals surface area (Å²) in [5.41, 5.74) is 24.2. The molecule has 2 aliphatic heterocycles. The van der Waals surface area contributed by atoms with Crippen LogP contribution in [0.2, 0.25) is 0 Å². The van der Waals surface area contributed by atoms with Crippen LogP contribution in [-0.4, -0.2) is 6.71 Å². The Balaban J connectivity index is 1.29. The summed E-state index contributed by atoms with van der Waals surface area (Å²) < 4.78 is 1.33. The van der Waals surface area contributed by atoms with Crippen molar-refractivity contribution in [2.75, 3.05) is 9.80 Å². The predicted octanol–water partition coefficient (Wildman–Crippen LogP) is 17.3. The van der Waals surface area contributed by atoms with Crippen LogP contribution >= 0.6 is 22.7 Å². The molecular formula is C64H67BN2S2. The minimum absolute atomic E-state index is 0.0268. The van der Waals surface area contributed by atoms with Gasteiger partial charge in [-0.15, -0.1) is 22.7 Å². The number of thiophene rings is 2. The first-order valence-electron chi connectivity index (χ1n) is 25.2. The zero-order chi connectivity index (χ0) is 48.6. The van der Waals surface area contributed by atoms with Gasteiger partial charge in [0.25, 0.3) is 6.71 Å². The van der Waals surface area contributed by atoms with Crippen molar-refractivity contribution in [3.05, 3.63) is 165 Å². The first-order chi connectivity index (χ1) is 32.7. The topological polar surface area (TPSA) is 6.48 Å². The summed E-state index contributed by atoms with van der Waals surface area (Å²) >= 11 is 3.93. The summed E-state index contributed by atoms with van der Waals surface area (Å²) in [5.74, 6) is 0.736. The van der Waals surface area contributed by atoms with E-state index in [0.29, 0.717) is 11.8 Å². The number of benzene rings is 6. The van der Waals surface area contributed by atoms with Crippen LogP contribution in [0.4, 0.5) is 33.4 Å². The molecule has 0 amide bonds. The van der Waals surface area contributed by atoms with E-state index in [9.17, 15) is 0 Å². The molecule has 6 aromatic carbocycles. The van der Waals surface area contributed by atoms with E-state index < -0.39 is 0 Å². The molecule has 1 aliphatic carbocycles. The van der Waals surface area contributed by atoms with Crippen LogP contribution in [0.5, 0.6) is 0 Å². The minimum atomic E-state index is -0.0276. The van der Waals surface area contributed by atoms with Crippen LogP contribution in [0, 0.1) is 32.1 Å². The summed E-state index contributed by atoms with van der Waals surface area (Å²) in [6.45, 7) is 33.2. The Morgan fingerprint density at radius 3 is 1.86 bits per heavy atom. The molecule has 0 N–H and O–H groups in total. The average molecular weight is 939 g/mol. The minimum Gasteiger partial charge on any atom is -0.311 e. The Morgan fingerprint density at radius 1 is 0.594 bits per heavy atom. The van der Waals surface area contributed by atoms with E-state index in [1.807, 2.05) is 22.7 Å². The second-order valence-corrected chi connectivity index (χ2v) is 26.0. The third-order valence-corrected chi connectivity index (χ3v) is 17.9. The van der Waals surface area contributed by atoms with Gasteiger partial charge < -0.3 is 9.80 Å². The fourth-order valence-corrected chi connectivity index (χ4v) is 13.9. The fraction of sp³-hybridized carbons (Fsp3) is 0.312.